The topological polar surface area (TPSA) is 55.4 Å². The van der Waals surface area contributed by atoms with E-state index in [9.17, 15) is 9.00 Å². The van der Waals surface area contributed by atoms with Gasteiger partial charge in [-0.25, -0.2) is 0 Å². The number of amides is 1. The minimum absolute atomic E-state index is 0.203. The van der Waals surface area contributed by atoms with Crippen molar-refractivity contribution in [1.29, 1.82) is 0 Å². The summed E-state index contributed by atoms with van der Waals surface area (Å²) in [4.78, 5) is 12.4. The summed E-state index contributed by atoms with van der Waals surface area (Å²) in [6.45, 7) is 2.01. The standard InChI is InChI=1S/C22H21NO3S/c1-16-5-3-8-21(13-16)26-20-11-9-19(10-12-20)23-22(24)18-7-4-6-17(14-18)15-27(2)25/h3-14H,15H2,1-2H3,(H,23,24). The Labute approximate surface area is 161 Å². The number of carbonyl (C=O) groups is 1. The zero-order chi connectivity index (χ0) is 19.2. The third-order valence-electron chi connectivity index (χ3n) is 3.90. The zero-order valence-electron chi connectivity index (χ0n) is 15.3. The van der Waals surface area contributed by atoms with E-state index in [1.165, 1.54) is 0 Å². The highest BCUT2D eigenvalue weighted by Gasteiger charge is 2.08. The van der Waals surface area contributed by atoms with Gasteiger partial charge in [-0.2, -0.15) is 0 Å². The molecule has 0 saturated heterocycles. The highest BCUT2D eigenvalue weighted by Crippen LogP contribution is 2.24. The molecule has 0 bridgehead atoms. The molecule has 0 aromatic heterocycles. The average Bonchev–Trinajstić information content (AvgIpc) is 2.63. The first kappa shape index (κ1) is 18.9. The molecule has 0 spiro atoms. The summed E-state index contributed by atoms with van der Waals surface area (Å²) in [5, 5.41) is 2.87. The number of anilines is 1. The molecule has 27 heavy (non-hydrogen) atoms. The molecular formula is C22H21NO3S. The molecule has 0 heterocycles. The van der Waals surface area contributed by atoms with Crippen LogP contribution in [0.15, 0.2) is 72.8 Å². The summed E-state index contributed by atoms with van der Waals surface area (Å²) < 4.78 is 17.2. The predicted octanol–water partition coefficient (Wildman–Crippen LogP) is 4.92. The number of aryl methyl sites for hydroxylation is 1. The zero-order valence-corrected chi connectivity index (χ0v) is 16.1. The Kier molecular flexibility index (Phi) is 6.04. The Morgan fingerprint density at radius 3 is 2.41 bits per heavy atom. The molecule has 0 fully saturated rings. The van der Waals surface area contributed by atoms with Crippen LogP contribution in [0.2, 0.25) is 0 Å². The van der Waals surface area contributed by atoms with E-state index in [1.807, 2.05) is 49.4 Å². The number of benzene rings is 3. The maximum Gasteiger partial charge on any atom is 0.255 e. The summed E-state index contributed by atoms with van der Waals surface area (Å²) in [7, 11) is -0.943. The Morgan fingerprint density at radius 1 is 0.963 bits per heavy atom. The van der Waals surface area contributed by atoms with Crippen LogP contribution in [-0.4, -0.2) is 16.4 Å². The molecular weight excluding hydrogens is 358 g/mol. The fourth-order valence-electron chi connectivity index (χ4n) is 2.66. The van der Waals surface area contributed by atoms with Gasteiger partial charge in [0.1, 0.15) is 11.5 Å². The molecule has 0 aliphatic rings. The van der Waals surface area contributed by atoms with E-state index < -0.39 is 10.8 Å². The van der Waals surface area contributed by atoms with Gasteiger partial charge < -0.3 is 10.1 Å². The molecule has 1 unspecified atom stereocenters. The summed E-state index contributed by atoms with van der Waals surface area (Å²) in [6, 6.07) is 22.2. The summed E-state index contributed by atoms with van der Waals surface area (Å²) >= 11 is 0. The molecule has 0 aliphatic carbocycles. The third-order valence-corrected chi connectivity index (χ3v) is 4.64. The lowest BCUT2D eigenvalue weighted by atomic mass is 10.1. The monoisotopic (exact) mass is 379 g/mol. The van der Waals surface area contributed by atoms with E-state index in [0.717, 1.165) is 16.9 Å². The van der Waals surface area contributed by atoms with Crippen molar-refractivity contribution in [2.75, 3.05) is 11.6 Å². The van der Waals surface area contributed by atoms with Crippen LogP contribution >= 0.6 is 0 Å². The molecule has 1 N–H and O–H groups in total. The first-order chi connectivity index (χ1) is 13.0. The van der Waals surface area contributed by atoms with Gasteiger partial charge in [-0.05, 0) is 66.6 Å². The Bertz CT molecular complexity index is 967. The normalized spacial score (nSPS) is 11.6. The van der Waals surface area contributed by atoms with Gasteiger partial charge in [-0.3, -0.25) is 9.00 Å². The highest BCUT2D eigenvalue weighted by atomic mass is 32.2. The first-order valence-corrected chi connectivity index (χ1v) is 10.3. The molecule has 4 nitrogen and oxygen atoms in total. The minimum atomic E-state index is -0.943. The number of rotatable bonds is 6. The van der Waals surface area contributed by atoms with E-state index in [4.69, 9.17) is 4.74 Å². The number of nitrogens with one attached hydrogen (secondary N) is 1. The van der Waals surface area contributed by atoms with E-state index >= 15 is 0 Å². The van der Waals surface area contributed by atoms with Crippen molar-refractivity contribution in [2.24, 2.45) is 0 Å². The van der Waals surface area contributed by atoms with Gasteiger partial charge >= 0.3 is 0 Å². The van der Waals surface area contributed by atoms with Crippen LogP contribution in [0.4, 0.5) is 5.69 Å². The fourth-order valence-corrected chi connectivity index (χ4v) is 3.31. The first-order valence-electron chi connectivity index (χ1n) is 8.54. The van der Waals surface area contributed by atoms with Crippen molar-refractivity contribution in [2.45, 2.75) is 12.7 Å². The largest absolute Gasteiger partial charge is 0.457 e. The van der Waals surface area contributed by atoms with Crippen molar-refractivity contribution < 1.29 is 13.7 Å². The molecule has 3 aromatic rings. The summed E-state index contributed by atoms with van der Waals surface area (Å²) in [5.41, 5.74) is 3.23. The van der Waals surface area contributed by atoms with Crippen LogP contribution in [0, 0.1) is 6.92 Å². The third kappa shape index (κ3) is 5.53. The van der Waals surface area contributed by atoms with Gasteiger partial charge in [-0.1, -0.05) is 24.3 Å². The molecule has 3 aromatic carbocycles. The summed E-state index contributed by atoms with van der Waals surface area (Å²) in [5.74, 6) is 1.71. The molecule has 5 heteroatoms. The SMILES string of the molecule is Cc1cccc(Oc2ccc(NC(=O)c3cccc(CS(C)=O)c3)cc2)c1. The Hall–Kier alpha value is -2.92. The van der Waals surface area contributed by atoms with Gasteiger partial charge in [0.2, 0.25) is 0 Å². The molecule has 1 atom stereocenters. The van der Waals surface area contributed by atoms with Gasteiger partial charge in [-0.15, -0.1) is 0 Å². The van der Waals surface area contributed by atoms with Crippen LogP contribution < -0.4 is 10.1 Å². The van der Waals surface area contributed by atoms with Gasteiger partial charge in [0.05, 0.1) is 0 Å². The average molecular weight is 379 g/mol. The lowest BCUT2D eigenvalue weighted by Crippen LogP contribution is -2.12. The van der Waals surface area contributed by atoms with Crippen molar-refractivity contribution in [3.8, 4) is 11.5 Å². The van der Waals surface area contributed by atoms with Gasteiger partial charge in [0.15, 0.2) is 0 Å². The molecule has 0 aliphatic heterocycles. The van der Waals surface area contributed by atoms with E-state index in [2.05, 4.69) is 5.32 Å². The van der Waals surface area contributed by atoms with E-state index in [1.54, 1.807) is 36.6 Å². The number of ether oxygens (including phenoxy) is 1. The fraction of sp³-hybridized carbons (Fsp3) is 0.136. The maximum absolute atomic E-state index is 12.4. The quantitative estimate of drug-likeness (QED) is 0.661. The maximum atomic E-state index is 12.4. The highest BCUT2D eigenvalue weighted by molar-refractivity contribution is 7.83. The van der Waals surface area contributed by atoms with Gasteiger partial charge in [0.25, 0.3) is 5.91 Å². The number of hydrogen-bond donors (Lipinski definition) is 1. The molecule has 1 amide bonds. The van der Waals surface area contributed by atoms with Crippen LogP contribution in [0.25, 0.3) is 0 Å². The Balaban J connectivity index is 1.65. The minimum Gasteiger partial charge on any atom is -0.457 e. The van der Waals surface area contributed by atoms with Gasteiger partial charge in [0, 0.05) is 34.1 Å². The van der Waals surface area contributed by atoms with E-state index in [-0.39, 0.29) is 5.91 Å². The number of carbonyl (C=O) groups excluding carboxylic acids is 1. The van der Waals surface area contributed by atoms with Crippen molar-refractivity contribution >= 4 is 22.4 Å². The molecule has 3 rings (SSSR count). The molecule has 138 valence electrons. The smallest absolute Gasteiger partial charge is 0.255 e. The van der Waals surface area contributed by atoms with Crippen LogP contribution in [0.5, 0.6) is 11.5 Å². The number of hydrogen-bond acceptors (Lipinski definition) is 3. The summed E-state index contributed by atoms with van der Waals surface area (Å²) in [6.07, 6.45) is 1.65. The van der Waals surface area contributed by atoms with Crippen molar-refractivity contribution in [3.63, 3.8) is 0 Å². The van der Waals surface area contributed by atoms with Crippen molar-refractivity contribution in [1.82, 2.24) is 0 Å². The Morgan fingerprint density at radius 2 is 1.70 bits per heavy atom. The van der Waals surface area contributed by atoms with E-state index in [0.29, 0.717) is 22.8 Å². The predicted molar refractivity (Wildman–Crippen MR) is 110 cm³/mol. The lowest BCUT2D eigenvalue weighted by molar-refractivity contribution is 0.102. The second-order valence-electron chi connectivity index (χ2n) is 6.31. The van der Waals surface area contributed by atoms with Crippen LogP contribution in [0.1, 0.15) is 21.5 Å². The second-order valence-corrected chi connectivity index (χ2v) is 7.75. The molecule has 0 saturated carbocycles. The van der Waals surface area contributed by atoms with Crippen molar-refractivity contribution in [3.05, 3.63) is 89.5 Å². The second kappa shape index (κ2) is 8.64. The lowest BCUT2D eigenvalue weighted by Gasteiger charge is -2.09. The van der Waals surface area contributed by atoms with Crippen LogP contribution in [0.3, 0.4) is 0 Å². The van der Waals surface area contributed by atoms with Crippen LogP contribution in [-0.2, 0) is 16.6 Å². The molecule has 0 radical (unpaired) electrons.